The summed E-state index contributed by atoms with van der Waals surface area (Å²) in [6.45, 7) is 13.9. The predicted molar refractivity (Wildman–Crippen MR) is 249 cm³/mol. The molecule has 0 aliphatic carbocycles. The molecule has 0 aliphatic heterocycles. The van der Waals surface area contributed by atoms with E-state index in [0.717, 1.165) is 21.8 Å². The van der Waals surface area contributed by atoms with Crippen LogP contribution in [0.2, 0.25) is 0 Å². The molecule has 344 valence electrons. The Kier molecular flexibility index (Phi) is 17.4. The molecule has 0 saturated carbocycles. The fourth-order valence-corrected chi connectivity index (χ4v) is 6.49. The molecule has 0 radical (unpaired) electrons. The first kappa shape index (κ1) is 52.3. The molecule has 67 heavy (non-hydrogen) atoms. The number of alkyl halides is 3. The molecule has 7 aromatic rings. The second-order valence-electron chi connectivity index (χ2n) is 16.2. The maximum absolute atomic E-state index is 12.8. The van der Waals surface area contributed by atoms with Gasteiger partial charge in [0.05, 0.1) is 33.8 Å². The molecule has 0 spiro atoms. The van der Waals surface area contributed by atoms with E-state index in [-0.39, 0.29) is 59.7 Å². The number of carbonyl (C=O) groups excluding carboxylic acids is 3. The Morgan fingerprint density at radius 2 is 1.09 bits per heavy atom. The van der Waals surface area contributed by atoms with Crippen molar-refractivity contribution in [2.75, 3.05) is 0 Å². The quantitative estimate of drug-likeness (QED) is 0.0558. The molecule has 0 atom stereocenters. The summed E-state index contributed by atoms with van der Waals surface area (Å²) in [5.41, 5.74) is 12.5. The fourth-order valence-electron chi connectivity index (χ4n) is 6.49. The minimum Gasteiger partial charge on any atom is -0.753 e. The van der Waals surface area contributed by atoms with E-state index in [1.165, 1.54) is 71.3 Å². The van der Waals surface area contributed by atoms with Crippen LogP contribution in [0.5, 0.6) is 17.2 Å². The monoisotopic (exact) mass is 1020 g/mol. The molecular formula is C48H41F3N8O6RuS. The summed E-state index contributed by atoms with van der Waals surface area (Å²) < 4.78 is 55.1. The topological polar surface area (TPSA) is 205 Å². The van der Waals surface area contributed by atoms with Crippen LogP contribution in [0.15, 0.2) is 110 Å². The number of isothiocyanates is 1. The van der Waals surface area contributed by atoms with E-state index >= 15 is 0 Å². The van der Waals surface area contributed by atoms with Crippen molar-refractivity contribution >= 4 is 70.0 Å². The molecule has 5 heterocycles. The number of thiocarbonyl (C=S) groups is 1. The molecule has 0 saturated heterocycles. The third kappa shape index (κ3) is 13.2. The zero-order chi connectivity index (χ0) is 48.4. The maximum atomic E-state index is 12.8. The number of hydrogen-bond donors (Lipinski definition) is 1. The van der Waals surface area contributed by atoms with Gasteiger partial charge < -0.3 is 29.9 Å². The summed E-state index contributed by atoms with van der Waals surface area (Å²) in [6, 6.07) is 25.2. The van der Waals surface area contributed by atoms with E-state index in [9.17, 15) is 27.6 Å². The first-order valence-electron chi connectivity index (χ1n) is 19.6. The molecule has 2 aromatic carbocycles. The second kappa shape index (κ2) is 22.2. The number of aromatic nitrogens is 5. The second-order valence-corrected chi connectivity index (χ2v) is 16.4. The number of halogens is 3. The molecule has 7 rings (SSSR count). The maximum Gasteiger partial charge on any atom is 2.00 e. The molecule has 2 N–H and O–H groups in total. The molecule has 0 bridgehead atoms. The van der Waals surface area contributed by atoms with Gasteiger partial charge in [-0.3, -0.25) is 34.7 Å². The van der Waals surface area contributed by atoms with Gasteiger partial charge in [0.25, 0.3) is 19.4 Å². The van der Waals surface area contributed by atoms with E-state index in [1.807, 2.05) is 0 Å². The number of carbonyl (C=O) groups is 3. The number of allylic oxidation sites excluding steroid dienone is 1. The number of benzene rings is 2. The third-order valence-electron chi connectivity index (χ3n) is 9.71. The van der Waals surface area contributed by atoms with Crippen molar-refractivity contribution in [3.8, 4) is 45.7 Å². The van der Waals surface area contributed by atoms with Gasteiger partial charge in [-0.05, 0) is 76.6 Å². The van der Waals surface area contributed by atoms with Gasteiger partial charge in [-0.15, -0.1) is 5.70 Å². The van der Waals surface area contributed by atoms with Crippen LogP contribution in [-0.4, -0.2) is 61.0 Å². The molecule has 0 amide bonds. The molecule has 0 aliphatic rings. The number of rotatable bonds is 11. The largest absolute Gasteiger partial charge is 2.00 e. The Morgan fingerprint density at radius 1 is 0.672 bits per heavy atom. The number of pyridine rings is 4. The summed E-state index contributed by atoms with van der Waals surface area (Å²) in [5, 5.41) is 17.9. The summed E-state index contributed by atoms with van der Waals surface area (Å²) in [5.74, 6) is 0.760. The number of fused-ring (bicyclic) bond motifs is 3. The normalized spacial score (nSPS) is 11.4. The van der Waals surface area contributed by atoms with Crippen LogP contribution in [0, 0.1) is 5.41 Å². The standard InChI is InChI=1S/C29H30F3N4.C18H11N3O6.CNS.Ru/c1-27(2,3)17-7-9-24-20(13-17)21-14-18(28(4,5)6)8-10-25(21)36(24)19-11-12-35-23(15-19)22(33)16-26(34)29(30,31)32;22-9-25-12-1-3-19-15(5-12)17-7-14(27-11-24)8-18(21-17)16-6-13(26-10-23)2-4-20-16;2-1-3;/h7-16,33-34H,1-6H3;1-11H;;/q-1;;-1;+2/b22-16-,34-26?;;;. The van der Waals surface area contributed by atoms with E-state index in [4.69, 9.17) is 30.8 Å². The summed E-state index contributed by atoms with van der Waals surface area (Å²) in [6.07, 6.45) is 0.0452. The van der Waals surface area contributed by atoms with E-state index in [0.29, 0.717) is 47.5 Å². The van der Waals surface area contributed by atoms with Gasteiger partial charge in [0, 0.05) is 65.0 Å². The van der Waals surface area contributed by atoms with Gasteiger partial charge in [0.2, 0.25) is 0 Å². The zero-order valence-electron chi connectivity index (χ0n) is 36.7. The van der Waals surface area contributed by atoms with Crippen LogP contribution < -0.4 is 14.2 Å². The van der Waals surface area contributed by atoms with Gasteiger partial charge in [-0.1, -0.05) is 65.9 Å². The third-order valence-corrected chi connectivity index (χ3v) is 9.71. The smallest absolute Gasteiger partial charge is 0.753 e. The molecule has 0 unspecified atom stereocenters. The first-order valence-corrected chi connectivity index (χ1v) is 20.0. The van der Waals surface area contributed by atoms with Crippen molar-refractivity contribution in [3.63, 3.8) is 0 Å². The molecule has 0 fully saturated rings. The van der Waals surface area contributed by atoms with Crippen LogP contribution in [0.3, 0.4) is 0 Å². The number of hydrogen-bond acceptors (Lipinski definition) is 12. The predicted octanol–water partition coefficient (Wildman–Crippen LogP) is 11.2. The van der Waals surface area contributed by atoms with Crippen molar-refractivity contribution < 1.29 is 61.2 Å². The van der Waals surface area contributed by atoms with Crippen LogP contribution in [0.4, 0.5) is 13.2 Å². The minimum atomic E-state index is -4.81. The van der Waals surface area contributed by atoms with Crippen molar-refractivity contribution in [3.05, 3.63) is 138 Å². The van der Waals surface area contributed by atoms with Crippen LogP contribution in [-0.2, 0) is 44.7 Å². The SMILES string of the molecule is CC(C)(C)c1ccc2c(c1)c1cc(C(C)(C)C)ccc1n2-c1ccnc(/C([NH-])=C/C(=N)C(F)(F)F)c1.O=COc1ccnc(-c2cc(OC=O)cc(-c3cc(OC=O)ccn3)n2)c1.[N-]=C=S.[Ru+2]. The number of nitrogens with one attached hydrogen (secondary N) is 2. The summed E-state index contributed by atoms with van der Waals surface area (Å²) in [7, 11) is 0. The van der Waals surface area contributed by atoms with Gasteiger partial charge >= 0.3 is 25.7 Å². The molecule has 14 nitrogen and oxygen atoms in total. The van der Waals surface area contributed by atoms with Gasteiger partial charge in [-0.2, -0.15) is 18.3 Å². The molecular weight excluding hydrogens is 975 g/mol. The van der Waals surface area contributed by atoms with Crippen LogP contribution in [0.25, 0.3) is 67.1 Å². The van der Waals surface area contributed by atoms with Crippen molar-refractivity contribution in [1.82, 2.24) is 24.5 Å². The van der Waals surface area contributed by atoms with Crippen LogP contribution in [0.1, 0.15) is 58.4 Å². The zero-order valence-corrected chi connectivity index (χ0v) is 39.2. The Hall–Kier alpha value is -7.33. The first-order chi connectivity index (χ1) is 31.2. The van der Waals surface area contributed by atoms with Crippen molar-refractivity contribution in [2.45, 2.75) is 58.5 Å². The van der Waals surface area contributed by atoms with Gasteiger partial charge in [0.15, 0.2) is 0 Å². The fraction of sp³-hybridized carbons (Fsp3) is 0.188. The number of nitrogens with zero attached hydrogens (tertiary/aromatic N) is 6. The number of ether oxygens (including phenoxy) is 3. The summed E-state index contributed by atoms with van der Waals surface area (Å²) in [4.78, 5) is 48.7. The van der Waals surface area contributed by atoms with Crippen molar-refractivity contribution in [1.29, 1.82) is 5.41 Å². The Morgan fingerprint density at radius 3 is 1.51 bits per heavy atom. The van der Waals surface area contributed by atoms with Crippen molar-refractivity contribution in [2.24, 2.45) is 0 Å². The van der Waals surface area contributed by atoms with E-state index in [2.05, 4.69) is 115 Å². The van der Waals surface area contributed by atoms with Crippen LogP contribution >= 0.6 is 12.2 Å². The Labute approximate surface area is 401 Å². The summed E-state index contributed by atoms with van der Waals surface area (Å²) >= 11 is 3.70. The Bertz CT molecular complexity index is 2870. The minimum absolute atomic E-state index is 0. The average molecular weight is 1020 g/mol. The Balaban J connectivity index is 0.000000282. The van der Waals surface area contributed by atoms with E-state index in [1.54, 1.807) is 12.1 Å². The van der Waals surface area contributed by atoms with Gasteiger partial charge in [-0.25, -0.2) is 4.98 Å². The molecule has 19 heteroatoms. The van der Waals surface area contributed by atoms with E-state index < -0.39 is 17.6 Å². The van der Waals surface area contributed by atoms with Gasteiger partial charge in [0.1, 0.15) is 23.0 Å². The molecule has 5 aromatic heterocycles. The average Bonchev–Trinajstić information content (AvgIpc) is 3.60.